The largest absolute Gasteiger partial charge is 0.354 e. The molecule has 2 atom stereocenters. The molecular formula is C19H34IN3O2S. The third-order valence-electron chi connectivity index (χ3n) is 6.58. The van der Waals surface area contributed by atoms with Crippen LogP contribution in [0.1, 0.15) is 57.8 Å². The predicted octanol–water partition coefficient (Wildman–Crippen LogP) is 3.05. The van der Waals surface area contributed by atoms with Crippen molar-refractivity contribution in [2.75, 3.05) is 31.1 Å². The lowest BCUT2D eigenvalue weighted by molar-refractivity contribution is 0.380. The van der Waals surface area contributed by atoms with Crippen LogP contribution in [0.4, 0.5) is 0 Å². The first-order chi connectivity index (χ1) is 12.1. The molecule has 4 fully saturated rings. The SMILES string of the molecule is I.O=S1(=O)CCC(CN=C(NC2CCCCC2)N2CCC(C3CC3)C2)C1. The summed E-state index contributed by atoms with van der Waals surface area (Å²) >= 11 is 0. The van der Waals surface area contributed by atoms with Crippen LogP contribution in [0.3, 0.4) is 0 Å². The molecule has 1 N–H and O–H groups in total. The molecule has 2 heterocycles. The second kappa shape index (κ2) is 8.97. The van der Waals surface area contributed by atoms with Crippen LogP contribution < -0.4 is 5.32 Å². The molecule has 0 aromatic carbocycles. The maximum Gasteiger partial charge on any atom is 0.194 e. The van der Waals surface area contributed by atoms with Gasteiger partial charge < -0.3 is 10.2 Å². The monoisotopic (exact) mass is 495 g/mol. The summed E-state index contributed by atoms with van der Waals surface area (Å²) in [6, 6.07) is 0.555. The maximum absolute atomic E-state index is 11.7. The van der Waals surface area contributed by atoms with Crippen molar-refractivity contribution in [1.82, 2.24) is 10.2 Å². The van der Waals surface area contributed by atoms with Gasteiger partial charge in [-0.15, -0.1) is 24.0 Å². The fourth-order valence-corrected chi connectivity index (χ4v) is 6.68. The molecule has 0 aromatic rings. The first-order valence-corrected chi connectivity index (χ1v) is 12.2. The molecule has 2 saturated carbocycles. The van der Waals surface area contributed by atoms with Gasteiger partial charge in [-0.1, -0.05) is 19.3 Å². The highest BCUT2D eigenvalue weighted by Gasteiger charge is 2.37. The van der Waals surface area contributed by atoms with Crippen molar-refractivity contribution in [2.24, 2.45) is 22.7 Å². The minimum Gasteiger partial charge on any atom is -0.354 e. The van der Waals surface area contributed by atoms with Crippen LogP contribution in [0.15, 0.2) is 4.99 Å². The lowest BCUT2D eigenvalue weighted by atomic mass is 9.96. The van der Waals surface area contributed by atoms with Crippen molar-refractivity contribution in [1.29, 1.82) is 0 Å². The number of nitrogens with zero attached hydrogens (tertiary/aromatic N) is 2. The summed E-state index contributed by atoms with van der Waals surface area (Å²) in [5.74, 6) is 3.78. The van der Waals surface area contributed by atoms with Gasteiger partial charge in [0.05, 0.1) is 11.5 Å². The molecule has 0 spiro atoms. The zero-order chi connectivity index (χ0) is 17.3. The number of hydrogen-bond acceptors (Lipinski definition) is 3. The lowest BCUT2D eigenvalue weighted by Gasteiger charge is -2.29. The molecule has 0 aromatic heterocycles. The van der Waals surface area contributed by atoms with Gasteiger partial charge in [0, 0.05) is 25.7 Å². The zero-order valence-corrected chi connectivity index (χ0v) is 18.9. The minimum atomic E-state index is -2.80. The molecule has 2 unspecified atom stereocenters. The van der Waals surface area contributed by atoms with E-state index in [0.717, 1.165) is 37.3 Å². The van der Waals surface area contributed by atoms with Gasteiger partial charge in [0.25, 0.3) is 0 Å². The number of nitrogens with one attached hydrogen (secondary N) is 1. The Balaban J connectivity index is 0.00000196. The molecule has 7 heteroatoms. The van der Waals surface area contributed by atoms with E-state index in [1.54, 1.807) is 0 Å². The molecule has 4 aliphatic rings. The van der Waals surface area contributed by atoms with E-state index in [9.17, 15) is 8.42 Å². The molecule has 0 amide bonds. The third-order valence-corrected chi connectivity index (χ3v) is 8.41. The highest BCUT2D eigenvalue weighted by Crippen LogP contribution is 2.41. The minimum absolute atomic E-state index is 0. The Bertz CT molecular complexity index is 600. The maximum atomic E-state index is 11.7. The highest BCUT2D eigenvalue weighted by atomic mass is 127. The van der Waals surface area contributed by atoms with Crippen LogP contribution >= 0.6 is 24.0 Å². The van der Waals surface area contributed by atoms with Gasteiger partial charge in [0.2, 0.25) is 0 Å². The van der Waals surface area contributed by atoms with Crippen LogP contribution in [0.2, 0.25) is 0 Å². The molecule has 2 aliphatic heterocycles. The molecule has 0 bridgehead atoms. The molecule has 2 aliphatic carbocycles. The van der Waals surface area contributed by atoms with Crippen LogP contribution in [0.25, 0.3) is 0 Å². The molecular weight excluding hydrogens is 461 g/mol. The smallest absolute Gasteiger partial charge is 0.194 e. The summed E-state index contributed by atoms with van der Waals surface area (Å²) in [6.07, 6.45) is 11.4. The molecule has 0 radical (unpaired) electrons. The Kier molecular flexibility index (Phi) is 7.13. The van der Waals surface area contributed by atoms with Crippen LogP contribution in [0.5, 0.6) is 0 Å². The molecule has 4 rings (SSSR count). The fraction of sp³-hybridized carbons (Fsp3) is 0.947. The second-order valence-electron chi connectivity index (χ2n) is 8.74. The zero-order valence-electron chi connectivity index (χ0n) is 15.7. The highest BCUT2D eigenvalue weighted by molar-refractivity contribution is 14.0. The standard InChI is InChI=1S/C19H33N3O2S.HI/c23-25(24)11-9-15(14-25)12-20-19(21-18-4-2-1-3-5-18)22-10-8-17(13-22)16-6-7-16;/h15-18H,1-14H2,(H,20,21);1H. The van der Waals surface area contributed by atoms with E-state index in [4.69, 9.17) is 4.99 Å². The van der Waals surface area contributed by atoms with E-state index in [1.165, 1.54) is 51.4 Å². The summed E-state index contributed by atoms with van der Waals surface area (Å²) in [4.78, 5) is 7.39. The Labute approximate surface area is 175 Å². The van der Waals surface area contributed by atoms with E-state index in [-0.39, 0.29) is 29.9 Å². The predicted molar refractivity (Wildman–Crippen MR) is 117 cm³/mol. The number of aliphatic imine (C=N–C) groups is 1. The average Bonchev–Trinajstić information content (AvgIpc) is 3.23. The normalized spacial score (nSPS) is 32.5. The van der Waals surface area contributed by atoms with Gasteiger partial charge in [0.15, 0.2) is 15.8 Å². The van der Waals surface area contributed by atoms with E-state index in [0.29, 0.717) is 24.1 Å². The van der Waals surface area contributed by atoms with Gasteiger partial charge >= 0.3 is 0 Å². The summed E-state index contributed by atoms with van der Waals surface area (Å²) in [5, 5.41) is 3.75. The number of guanidine groups is 1. The van der Waals surface area contributed by atoms with Crippen molar-refractivity contribution in [2.45, 2.75) is 63.8 Å². The van der Waals surface area contributed by atoms with Gasteiger partial charge in [-0.05, 0) is 56.3 Å². The third kappa shape index (κ3) is 5.49. The number of likely N-dealkylation sites (tertiary alicyclic amines) is 1. The van der Waals surface area contributed by atoms with E-state index in [1.807, 2.05) is 0 Å². The lowest BCUT2D eigenvalue weighted by Crippen LogP contribution is -2.46. The Morgan fingerprint density at radius 1 is 1.00 bits per heavy atom. The quantitative estimate of drug-likeness (QED) is 0.370. The van der Waals surface area contributed by atoms with E-state index >= 15 is 0 Å². The Morgan fingerprint density at radius 3 is 2.42 bits per heavy atom. The molecule has 2 saturated heterocycles. The van der Waals surface area contributed by atoms with Crippen molar-refractivity contribution in [3.63, 3.8) is 0 Å². The fourth-order valence-electron chi connectivity index (χ4n) is 4.83. The van der Waals surface area contributed by atoms with Crippen molar-refractivity contribution >= 4 is 39.8 Å². The number of rotatable bonds is 4. The number of sulfone groups is 1. The summed E-state index contributed by atoms with van der Waals surface area (Å²) in [7, 11) is -2.80. The van der Waals surface area contributed by atoms with E-state index in [2.05, 4.69) is 10.2 Å². The first kappa shape index (κ1) is 20.7. The topological polar surface area (TPSA) is 61.8 Å². The molecule has 5 nitrogen and oxygen atoms in total. The number of hydrogen-bond donors (Lipinski definition) is 1. The summed E-state index contributed by atoms with van der Waals surface area (Å²) in [5.41, 5.74) is 0. The Morgan fingerprint density at radius 2 is 1.77 bits per heavy atom. The average molecular weight is 495 g/mol. The molecule has 26 heavy (non-hydrogen) atoms. The first-order valence-electron chi connectivity index (χ1n) is 10.4. The van der Waals surface area contributed by atoms with Gasteiger partial charge in [-0.3, -0.25) is 4.99 Å². The van der Waals surface area contributed by atoms with Crippen LogP contribution in [-0.4, -0.2) is 56.5 Å². The van der Waals surface area contributed by atoms with Gasteiger partial charge in [0.1, 0.15) is 0 Å². The van der Waals surface area contributed by atoms with Gasteiger partial charge in [-0.25, -0.2) is 8.42 Å². The van der Waals surface area contributed by atoms with Crippen molar-refractivity contribution in [3.8, 4) is 0 Å². The number of halogens is 1. The second-order valence-corrected chi connectivity index (χ2v) is 11.0. The summed E-state index contributed by atoms with van der Waals surface area (Å²) in [6.45, 7) is 2.92. The van der Waals surface area contributed by atoms with Crippen molar-refractivity contribution in [3.05, 3.63) is 0 Å². The molecule has 150 valence electrons. The van der Waals surface area contributed by atoms with E-state index < -0.39 is 9.84 Å². The Hall–Kier alpha value is -0.0500. The van der Waals surface area contributed by atoms with Crippen LogP contribution in [0, 0.1) is 17.8 Å². The van der Waals surface area contributed by atoms with Gasteiger partial charge in [-0.2, -0.15) is 0 Å². The summed E-state index contributed by atoms with van der Waals surface area (Å²) < 4.78 is 23.4. The van der Waals surface area contributed by atoms with Crippen LogP contribution in [-0.2, 0) is 9.84 Å². The van der Waals surface area contributed by atoms with Crippen molar-refractivity contribution < 1.29 is 8.42 Å².